The average Bonchev–Trinajstić information content (AvgIpc) is 3.82. The van der Waals surface area contributed by atoms with Gasteiger partial charge in [-0.05, 0) is 60.9 Å². The first-order valence-corrected chi connectivity index (χ1v) is 18.2. The first kappa shape index (κ1) is 32.4. The van der Waals surface area contributed by atoms with E-state index in [0.717, 1.165) is 34.0 Å². The highest BCUT2D eigenvalue weighted by molar-refractivity contribution is 7.94. The Kier molecular flexibility index (Phi) is 8.33. The summed E-state index contributed by atoms with van der Waals surface area (Å²) in [6.45, 7) is 2.93. The molecule has 1 saturated heterocycles. The molecule has 3 aromatic carbocycles. The van der Waals surface area contributed by atoms with Crippen LogP contribution in [0.4, 0.5) is 5.69 Å². The van der Waals surface area contributed by atoms with Crippen molar-refractivity contribution in [1.29, 1.82) is 0 Å². The molecule has 10 nitrogen and oxygen atoms in total. The number of carbonyl (C=O) groups excluding carboxylic acids is 2. The number of hydrogen-bond donors (Lipinski definition) is 3. The lowest BCUT2D eigenvalue weighted by Gasteiger charge is -2.41. The standard InChI is InChI=1S/C37H43N5O5S/c1-4-26-22-42-23-37(15-16-37)48(46,47)41(3)31-20-27(19-29(26)33(31)42)35(44)39-30(18-25-13-9-6-10-14-25)34(43)32-36(45)40(2)28(21-38-32)17-24-11-7-5-8-12-24/h5-14,19-20,22,28,30,32,34,38,43H,4,15-18,21,23H2,1-3H3,(H,39,44)/t28-,30+,32+,34+/m1/s1. The molecule has 1 aromatic heterocycles. The molecule has 4 atom stereocenters. The highest BCUT2D eigenvalue weighted by atomic mass is 32.2. The number of likely N-dealkylation sites (N-methyl/N-ethyl adjacent to an activating group) is 1. The maximum Gasteiger partial charge on any atom is 0.251 e. The summed E-state index contributed by atoms with van der Waals surface area (Å²) in [5.74, 6) is -0.684. The summed E-state index contributed by atoms with van der Waals surface area (Å²) in [5.41, 5.74) is 4.63. The predicted octanol–water partition coefficient (Wildman–Crippen LogP) is 3.26. The molecule has 0 bridgehead atoms. The number of aryl methyl sites for hydroxylation is 1. The third-order valence-corrected chi connectivity index (χ3v) is 13.2. The second-order valence-corrected chi connectivity index (χ2v) is 16.0. The number of aliphatic hydroxyl groups is 1. The third-order valence-electron chi connectivity index (χ3n) is 10.6. The summed E-state index contributed by atoms with van der Waals surface area (Å²) in [6.07, 6.45) is 3.70. The van der Waals surface area contributed by atoms with Crippen molar-refractivity contribution < 1.29 is 23.1 Å². The number of nitrogens with one attached hydrogen (secondary N) is 2. The minimum atomic E-state index is -3.65. The summed E-state index contributed by atoms with van der Waals surface area (Å²) in [4.78, 5) is 29.5. The van der Waals surface area contributed by atoms with Gasteiger partial charge in [-0.2, -0.15) is 0 Å². The lowest BCUT2D eigenvalue weighted by atomic mass is 9.92. The zero-order valence-electron chi connectivity index (χ0n) is 27.6. The van der Waals surface area contributed by atoms with E-state index in [0.29, 0.717) is 50.0 Å². The van der Waals surface area contributed by atoms with Gasteiger partial charge in [0.15, 0.2) is 0 Å². The van der Waals surface area contributed by atoms with Gasteiger partial charge in [-0.15, -0.1) is 0 Å². The second kappa shape index (κ2) is 12.4. The minimum absolute atomic E-state index is 0.0820. The zero-order chi connectivity index (χ0) is 33.8. The SMILES string of the molecule is CCc1cn2c3c(cc(C(=O)N[C@@H](Cc4ccccc4)[C@H](O)[C@@H]4NC[C@@H](Cc5ccccc5)N(C)C4=O)cc13)N(C)S(=O)(=O)C1(CC1)C2. The van der Waals surface area contributed by atoms with Crippen molar-refractivity contribution in [1.82, 2.24) is 20.1 Å². The number of rotatable bonds is 9. The number of piperazine rings is 1. The number of aromatic nitrogens is 1. The zero-order valence-corrected chi connectivity index (χ0v) is 28.4. The van der Waals surface area contributed by atoms with Crippen LogP contribution in [0.1, 0.15) is 46.8 Å². The van der Waals surface area contributed by atoms with Crippen molar-refractivity contribution in [2.75, 3.05) is 24.9 Å². The van der Waals surface area contributed by atoms with Crippen LogP contribution in [-0.4, -0.2) is 84.4 Å². The van der Waals surface area contributed by atoms with E-state index in [4.69, 9.17) is 0 Å². The van der Waals surface area contributed by atoms with Crippen LogP contribution in [0.15, 0.2) is 79.0 Å². The summed E-state index contributed by atoms with van der Waals surface area (Å²) in [5, 5.41) is 19.0. The Morgan fingerprint density at radius 1 is 1.04 bits per heavy atom. The van der Waals surface area contributed by atoms with Gasteiger partial charge >= 0.3 is 0 Å². The molecular weight excluding hydrogens is 627 g/mol. The van der Waals surface area contributed by atoms with Crippen LogP contribution in [-0.2, 0) is 40.6 Å². The molecule has 1 saturated carbocycles. The molecular formula is C37H43N5O5S. The molecule has 2 amide bonds. The lowest BCUT2D eigenvalue weighted by molar-refractivity contribution is -0.141. The molecule has 11 heteroatoms. The topological polar surface area (TPSA) is 124 Å². The van der Waals surface area contributed by atoms with Gasteiger partial charge in [-0.1, -0.05) is 67.6 Å². The number of sulfonamides is 1. The lowest BCUT2D eigenvalue weighted by Crippen LogP contribution is -2.66. The molecule has 3 N–H and O–H groups in total. The quantitative estimate of drug-likeness (QED) is 0.252. The van der Waals surface area contributed by atoms with E-state index in [1.54, 1.807) is 25.1 Å². The number of carbonyl (C=O) groups is 2. The Bertz CT molecular complexity index is 1960. The molecule has 252 valence electrons. The fourth-order valence-electron chi connectivity index (χ4n) is 7.49. The molecule has 1 spiro atoms. The van der Waals surface area contributed by atoms with E-state index in [1.807, 2.05) is 84.4 Å². The Balaban J connectivity index is 1.18. The number of amides is 2. The van der Waals surface area contributed by atoms with Crippen molar-refractivity contribution in [3.8, 4) is 0 Å². The van der Waals surface area contributed by atoms with E-state index in [1.165, 1.54) is 4.31 Å². The normalized spacial score (nSPS) is 22.4. The van der Waals surface area contributed by atoms with Gasteiger partial charge in [0, 0.05) is 50.4 Å². The van der Waals surface area contributed by atoms with Crippen LogP contribution in [0.2, 0.25) is 0 Å². The van der Waals surface area contributed by atoms with Crippen LogP contribution in [0, 0.1) is 0 Å². The number of hydrogen-bond acceptors (Lipinski definition) is 6. The first-order chi connectivity index (χ1) is 23.0. The highest BCUT2D eigenvalue weighted by Gasteiger charge is 2.58. The summed E-state index contributed by atoms with van der Waals surface area (Å²) >= 11 is 0. The maximum absolute atomic E-state index is 14.2. The van der Waals surface area contributed by atoms with Gasteiger partial charge < -0.3 is 25.2 Å². The van der Waals surface area contributed by atoms with E-state index in [9.17, 15) is 23.1 Å². The first-order valence-electron chi connectivity index (χ1n) is 16.7. The Morgan fingerprint density at radius 3 is 2.35 bits per heavy atom. The molecule has 3 heterocycles. The summed E-state index contributed by atoms with van der Waals surface area (Å²) in [6, 6.07) is 21.2. The smallest absolute Gasteiger partial charge is 0.251 e. The molecule has 1 aliphatic carbocycles. The third kappa shape index (κ3) is 5.57. The monoisotopic (exact) mass is 669 g/mol. The number of nitrogens with zero attached hydrogens (tertiary/aromatic N) is 3. The Labute approximate surface area is 281 Å². The van der Waals surface area contributed by atoms with Gasteiger partial charge in [-0.3, -0.25) is 13.9 Å². The molecule has 7 rings (SSSR count). The van der Waals surface area contributed by atoms with Crippen LogP contribution >= 0.6 is 0 Å². The molecule has 0 unspecified atom stereocenters. The van der Waals surface area contributed by atoms with Crippen LogP contribution < -0.4 is 14.9 Å². The van der Waals surface area contributed by atoms with Crippen molar-refractivity contribution >= 4 is 38.4 Å². The second-order valence-electron chi connectivity index (χ2n) is 13.6. The molecule has 0 radical (unpaired) electrons. The molecule has 48 heavy (non-hydrogen) atoms. The number of anilines is 1. The Morgan fingerprint density at radius 2 is 1.71 bits per heavy atom. The molecule has 3 aliphatic rings. The molecule has 4 aromatic rings. The van der Waals surface area contributed by atoms with E-state index in [2.05, 4.69) is 10.6 Å². The van der Waals surface area contributed by atoms with Crippen molar-refractivity contribution in [2.24, 2.45) is 0 Å². The summed E-state index contributed by atoms with van der Waals surface area (Å²) < 4.78 is 30.0. The van der Waals surface area contributed by atoms with Crippen molar-refractivity contribution in [3.63, 3.8) is 0 Å². The van der Waals surface area contributed by atoms with Crippen LogP contribution in [0.3, 0.4) is 0 Å². The number of benzene rings is 3. The van der Waals surface area contributed by atoms with E-state index in [-0.39, 0.29) is 11.9 Å². The van der Waals surface area contributed by atoms with Crippen molar-refractivity contribution in [2.45, 2.75) is 74.5 Å². The summed E-state index contributed by atoms with van der Waals surface area (Å²) in [7, 11) is -0.313. The van der Waals surface area contributed by atoms with E-state index >= 15 is 0 Å². The fourth-order valence-corrected chi connectivity index (χ4v) is 9.39. The van der Waals surface area contributed by atoms with Gasteiger partial charge in [0.1, 0.15) is 10.8 Å². The van der Waals surface area contributed by atoms with Gasteiger partial charge in [0.25, 0.3) is 5.91 Å². The Hall–Kier alpha value is -4.19. The fraction of sp³-hybridized carbons (Fsp3) is 0.405. The molecule has 2 aliphatic heterocycles. The molecule has 2 fully saturated rings. The van der Waals surface area contributed by atoms with Gasteiger partial charge in [0.2, 0.25) is 15.9 Å². The average molecular weight is 670 g/mol. The predicted molar refractivity (Wildman–Crippen MR) is 187 cm³/mol. The number of aliphatic hydroxyl groups excluding tert-OH is 1. The van der Waals surface area contributed by atoms with E-state index < -0.39 is 38.9 Å². The maximum atomic E-state index is 14.2. The minimum Gasteiger partial charge on any atom is -0.389 e. The van der Waals surface area contributed by atoms with Gasteiger partial charge in [0.05, 0.1) is 23.3 Å². The van der Waals surface area contributed by atoms with Crippen LogP contribution in [0.5, 0.6) is 0 Å². The largest absolute Gasteiger partial charge is 0.389 e. The highest BCUT2D eigenvalue weighted by Crippen LogP contribution is 2.51. The van der Waals surface area contributed by atoms with Gasteiger partial charge in [-0.25, -0.2) is 8.42 Å². The van der Waals surface area contributed by atoms with Crippen molar-refractivity contribution in [3.05, 3.63) is 101 Å². The van der Waals surface area contributed by atoms with Crippen LogP contribution in [0.25, 0.3) is 10.9 Å².